The Morgan fingerprint density at radius 2 is 1.53 bits per heavy atom. The Morgan fingerprint density at radius 3 is 2.03 bits per heavy atom. The molecule has 0 spiro atoms. The fourth-order valence-corrected chi connectivity index (χ4v) is 8.11. The molecule has 0 unspecified atom stereocenters. The molecular weight excluding hydrogens is 645 g/mol. The molecule has 11 heteroatoms. The molecule has 4 rings (SSSR count). The summed E-state index contributed by atoms with van der Waals surface area (Å²) in [6.07, 6.45) is 1.58. The number of halogens is 1. The summed E-state index contributed by atoms with van der Waals surface area (Å²) in [5.41, 5.74) is 0.959. The van der Waals surface area contributed by atoms with E-state index in [4.69, 9.17) is 9.72 Å². The largest absolute Gasteiger partial charge is 0.497 e. The number of thiol groups is 1. The van der Waals surface area contributed by atoms with Gasteiger partial charge in [-0.3, -0.25) is 0 Å². The molecule has 0 atom stereocenters. The number of hydrogen-bond donors (Lipinski definition) is 1. The Balaban J connectivity index is 0.00000176. The number of benzene rings is 1. The van der Waals surface area contributed by atoms with Crippen molar-refractivity contribution in [2.75, 3.05) is 11.4 Å². The molecule has 0 aliphatic rings. The van der Waals surface area contributed by atoms with Crippen molar-refractivity contribution in [1.29, 1.82) is 0 Å². The fourth-order valence-electron chi connectivity index (χ4n) is 3.58. The van der Waals surface area contributed by atoms with Crippen LogP contribution in [0.3, 0.4) is 0 Å². The lowest BCUT2D eigenvalue weighted by atomic mass is 9.92. The van der Waals surface area contributed by atoms with Gasteiger partial charge in [0.05, 0.1) is 23.0 Å². The van der Waals surface area contributed by atoms with E-state index in [2.05, 4.69) is 56.3 Å². The molecule has 1 aromatic carbocycles. The maximum atomic E-state index is 14.1. The number of fused-ring (bicyclic) bond motifs is 1. The highest BCUT2D eigenvalue weighted by molar-refractivity contribution is 14.2. The van der Waals surface area contributed by atoms with Crippen molar-refractivity contribution in [3.63, 3.8) is 0 Å². The van der Waals surface area contributed by atoms with Gasteiger partial charge in [0.15, 0.2) is 0 Å². The minimum atomic E-state index is -4.04. The van der Waals surface area contributed by atoms with Crippen molar-refractivity contribution in [3.8, 4) is 5.75 Å². The van der Waals surface area contributed by atoms with Crippen LogP contribution in [0.4, 0.5) is 11.5 Å². The van der Waals surface area contributed by atoms with Gasteiger partial charge in [-0.25, -0.2) is 14.3 Å². The van der Waals surface area contributed by atoms with Crippen LogP contribution in [-0.4, -0.2) is 25.5 Å². The average molecular weight is 676 g/mol. The van der Waals surface area contributed by atoms with Crippen LogP contribution in [0.1, 0.15) is 51.3 Å². The van der Waals surface area contributed by atoms with Crippen LogP contribution in [0.2, 0.25) is 0 Å². The van der Waals surface area contributed by atoms with Crippen LogP contribution in [-0.2, 0) is 20.9 Å². The van der Waals surface area contributed by atoms with Gasteiger partial charge in [0.25, 0.3) is 10.0 Å². The topological polar surface area (TPSA) is 72.4 Å². The van der Waals surface area contributed by atoms with Crippen LogP contribution in [0, 0.1) is 0 Å². The molecule has 0 amide bonds. The molecule has 6 nitrogen and oxygen atoms in total. The zero-order valence-electron chi connectivity index (χ0n) is 21.2. The standard InChI is InChI=1S/C25H29N3O3S3.HIS/c1-24(2,3)21-19-20(22(33-21)25(4,5)6)32-23(27-19)34(29,30)28(18-10-8-9-15-26-18)16-11-13-17(31-7)14-12-16;1-2/h8-15H,1-7H3;2H. The SMILES string of the molecule is COc1ccc(N(c2ccccn2)S(=O)(=O)c2nc3c(C(C)(C)C)sc(C(C)(C)C)c3s2)cc1.SI. The first-order chi connectivity index (χ1) is 16.8. The number of anilines is 2. The number of hydrogen-bond acceptors (Lipinski definition) is 8. The average Bonchev–Trinajstić information content (AvgIpc) is 3.41. The van der Waals surface area contributed by atoms with Crippen molar-refractivity contribution >= 4 is 85.4 Å². The van der Waals surface area contributed by atoms with Crippen molar-refractivity contribution in [1.82, 2.24) is 9.97 Å². The normalized spacial score (nSPS) is 12.2. The number of sulfonamides is 1. The van der Waals surface area contributed by atoms with Gasteiger partial charge in [-0.05, 0) is 68.4 Å². The quantitative estimate of drug-likeness (QED) is 0.171. The summed E-state index contributed by atoms with van der Waals surface area (Å²) in [5, 5.41) is 0. The number of rotatable bonds is 5. The molecule has 0 radical (unpaired) electrons. The number of thiazole rings is 1. The van der Waals surface area contributed by atoms with Crippen LogP contribution in [0.15, 0.2) is 53.0 Å². The molecule has 0 aliphatic heterocycles. The zero-order valence-corrected chi connectivity index (χ0v) is 26.7. The van der Waals surface area contributed by atoms with Crippen LogP contribution < -0.4 is 9.04 Å². The second kappa shape index (κ2) is 11.1. The Hall–Kier alpha value is -1.41. The van der Waals surface area contributed by atoms with Gasteiger partial charge >= 0.3 is 0 Å². The first kappa shape index (κ1) is 29.2. The Morgan fingerprint density at radius 1 is 0.917 bits per heavy atom. The summed E-state index contributed by atoms with van der Waals surface area (Å²) in [7, 11) is 1.03. The highest BCUT2D eigenvalue weighted by Crippen LogP contribution is 2.47. The number of methoxy groups -OCH3 is 1. The minimum absolute atomic E-state index is 0.0581. The minimum Gasteiger partial charge on any atom is -0.497 e. The first-order valence-corrected chi connectivity index (χ1v) is 17.4. The van der Waals surface area contributed by atoms with E-state index >= 15 is 0 Å². The third-order valence-electron chi connectivity index (χ3n) is 5.22. The zero-order chi connectivity index (χ0) is 26.9. The van der Waals surface area contributed by atoms with Crippen molar-refractivity contribution < 1.29 is 13.2 Å². The van der Waals surface area contributed by atoms with Gasteiger partial charge in [0.1, 0.15) is 11.6 Å². The van der Waals surface area contributed by atoms with Gasteiger partial charge in [0.2, 0.25) is 4.34 Å². The summed E-state index contributed by atoms with van der Waals surface area (Å²) < 4.78 is 35.7. The predicted octanol–water partition coefficient (Wildman–Crippen LogP) is 8.15. The van der Waals surface area contributed by atoms with E-state index in [0.717, 1.165) is 20.0 Å². The Kier molecular flexibility index (Phi) is 9.02. The number of pyridine rings is 1. The molecule has 0 saturated heterocycles. The Bertz CT molecular complexity index is 1370. The molecule has 4 aromatic rings. The van der Waals surface area contributed by atoms with Crippen LogP contribution in [0.25, 0.3) is 10.2 Å². The highest BCUT2D eigenvalue weighted by Gasteiger charge is 2.35. The molecule has 0 saturated carbocycles. The van der Waals surface area contributed by atoms with E-state index in [1.54, 1.807) is 67.1 Å². The van der Waals surface area contributed by atoms with E-state index in [1.807, 2.05) is 21.2 Å². The van der Waals surface area contributed by atoms with E-state index in [0.29, 0.717) is 17.3 Å². The molecule has 3 aromatic heterocycles. The number of aromatic nitrogens is 2. The van der Waals surface area contributed by atoms with Crippen molar-refractivity contribution in [2.45, 2.75) is 56.7 Å². The molecular formula is C25H30IN3O3S4. The number of thiophene rings is 1. The van der Waals surface area contributed by atoms with Gasteiger partial charge < -0.3 is 4.74 Å². The van der Waals surface area contributed by atoms with Gasteiger partial charge in [-0.1, -0.05) is 58.9 Å². The third kappa shape index (κ3) is 5.85. The van der Waals surface area contributed by atoms with E-state index < -0.39 is 10.0 Å². The van der Waals surface area contributed by atoms with Gasteiger partial charge in [0, 0.05) is 16.0 Å². The summed E-state index contributed by atoms with van der Waals surface area (Å²) >= 11 is 4.81. The van der Waals surface area contributed by atoms with Crippen LogP contribution >= 0.6 is 53.7 Å². The third-order valence-corrected chi connectivity index (χ3v) is 10.5. The molecule has 0 bridgehead atoms. The fraction of sp³-hybridized carbons (Fsp3) is 0.360. The lowest BCUT2D eigenvalue weighted by molar-refractivity contribution is 0.415. The maximum absolute atomic E-state index is 14.1. The first-order valence-electron chi connectivity index (χ1n) is 11.1. The van der Waals surface area contributed by atoms with Gasteiger partial charge in [-0.15, -0.1) is 21.1 Å². The molecule has 3 heterocycles. The van der Waals surface area contributed by atoms with E-state index in [1.165, 1.54) is 15.6 Å². The van der Waals surface area contributed by atoms with Crippen molar-refractivity contribution in [3.05, 3.63) is 58.4 Å². The van der Waals surface area contributed by atoms with Crippen molar-refractivity contribution in [2.24, 2.45) is 0 Å². The summed E-state index contributed by atoms with van der Waals surface area (Å²) in [6.45, 7) is 12.9. The highest BCUT2D eigenvalue weighted by atomic mass is 127. The van der Waals surface area contributed by atoms with E-state index in [-0.39, 0.29) is 15.2 Å². The molecule has 0 N–H and O–H groups in total. The second-order valence-electron chi connectivity index (χ2n) is 10.1. The molecule has 0 aliphatic carbocycles. The molecule has 0 fully saturated rings. The van der Waals surface area contributed by atoms with Crippen LogP contribution in [0.5, 0.6) is 5.75 Å². The maximum Gasteiger partial charge on any atom is 0.297 e. The van der Waals surface area contributed by atoms with E-state index in [9.17, 15) is 8.42 Å². The molecule has 194 valence electrons. The number of ether oxygens (including phenoxy) is 1. The summed E-state index contributed by atoms with van der Waals surface area (Å²) in [4.78, 5) is 11.3. The second-order valence-corrected chi connectivity index (χ2v) is 14.1. The molecule has 36 heavy (non-hydrogen) atoms. The summed E-state index contributed by atoms with van der Waals surface area (Å²) in [5.74, 6) is 0.943. The monoisotopic (exact) mass is 675 g/mol. The lowest BCUT2D eigenvalue weighted by Crippen LogP contribution is -2.27. The number of nitrogens with zero attached hydrogens (tertiary/aromatic N) is 3. The lowest BCUT2D eigenvalue weighted by Gasteiger charge is -2.22. The summed E-state index contributed by atoms with van der Waals surface area (Å²) in [6, 6.07) is 12.1. The smallest absolute Gasteiger partial charge is 0.297 e. The predicted molar refractivity (Wildman–Crippen MR) is 164 cm³/mol. The van der Waals surface area contributed by atoms with Gasteiger partial charge in [-0.2, -0.15) is 8.42 Å². The Labute approximate surface area is 239 Å².